The molecule has 0 spiro atoms. The van der Waals surface area contributed by atoms with E-state index in [1.54, 1.807) is 0 Å². The molecule has 0 saturated heterocycles. The van der Waals surface area contributed by atoms with Gasteiger partial charge in [-0.2, -0.15) is 0 Å². The van der Waals surface area contributed by atoms with Crippen LogP contribution in [-0.2, 0) is 16.1 Å². The number of hydrogen-bond acceptors (Lipinski definition) is 3. The third-order valence-corrected chi connectivity index (χ3v) is 3.48. The fourth-order valence-corrected chi connectivity index (χ4v) is 1.86. The summed E-state index contributed by atoms with van der Waals surface area (Å²) in [6.45, 7) is 0.724. The number of aliphatic carboxylic acids is 1. The molecule has 0 bridgehead atoms. The molecule has 1 aromatic carbocycles. The van der Waals surface area contributed by atoms with Crippen molar-refractivity contribution in [2.75, 3.05) is 6.54 Å². The van der Waals surface area contributed by atoms with Crippen LogP contribution >= 0.6 is 15.9 Å². The van der Waals surface area contributed by atoms with Gasteiger partial charge in [0.15, 0.2) is 0 Å². The van der Waals surface area contributed by atoms with Gasteiger partial charge in [0.2, 0.25) is 0 Å². The summed E-state index contributed by atoms with van der Waals surface area (Å²) in [5, 5.41) is 11.3. The van der Waals surface area contributed by atoms with E-state index in [4.69, 9.17) is 9.84 Å². The van der Waals surface area contributed by atoms with E-state index in [1.807, 2.05) is 30.3 Å². The minimum Gasteiger partial charge on any atom is -0.480 e. The first-order chi connectivity index (χ1) is 9.59. The van der Waals surface area contributed by atoms with Gasteiger partial charge in [0.05, 0.1) is 0 Å². The van der Waals surface area contributed by atoms with Crippen molar-refractivity contribution in [2.45, 2.75) is 30.7 Å². The van der Waals surface area contributed by atoms with Crippen molar-refractivity contribution in [1.29, 1.82) is 0 Å². The molecule has 0 aliphatic rings. The molecule has 2 N–H and O–H groups in total. The predicted molar refractivity (Wildman–Crippen MR) is 78.8 cm³/mol. The first-order valence-corrected chi connectivity index (χ1v) is 7.32. The summed E-state index contributed by atoms with van der Waals surface area (Å²) in [5.74, 6) is -0.861. The minimum atomic E-state index is -0.861. The lowest BCUT2D eigenvalue weighted by Crippen LogP contribution is -2.25. The monoisotopic (exact) mass is 343 g/mol. The molecule has 6 heteroatoms. The summed E-state index contributed by atoms with van der Waals surface area (Å²) >= 11 is 3.06. The van der Waals surface area contributed by atoms with Gasteiger partial charge in [-0.25, -0.2) is 4.79 Å². The second-order valence-electron chi connectivity index (χ2n) is 4.29. The van der Waals surface area contributed by atoms with Crippen molar-refractivity contribution >= 4 is 28.0 Å². The van der Waals surface area contributed by atoms with Gasteiger partial charge in [-0.3, -0.25) is 4.79 Å². The number of amides is 1. The molecule has 0 fully saturated rings. The highest BCUT2D eigenvalue weighted by Gasteiger charge is 2.11. The van der Waals surface area contributed by atoms with Gasteiger partial charge in [0.1, 0.15) is 11.4 Å². The summed E-state index contributed by atoms with van der Waals surface area (Å²) in [6.07, 6.45) is 1.52. The van der Waals surface area contributed by atoms with E-state index in [-0.39, 0.29) is 6.61 Å². The summed E-state index contributed by atoms with van der Waals surface area (Å²) in [5.41, 5.74) is 0.936. The number of rotatable bonds is 8. The molecule has 20 heavy (non-hydrogen) atoms. The van der Waals surface area contributed by atoms with Gasteiger partial charge in [-0.15, -0.1) is 0 Å². The van der Waals surface area contributed by atoms with Gasteiger partial charge in [0.25, 0.3) is 0 Å². The van der Waals surface area contributed by atoms with E-state index in [0.29, 0.717) is 13.0 Å². The van der Waals surface area contributed by atoms with E-state index >= 15 is 0 Å². The highest BCUT2D eigenvalue weighted by molar-refractivity contribution is 9.10. The number of unbranched alkanes of at least 4 members (excludes halogenated alkanes) is 1. The van der Waals surface area contributed by atoms with Crippen LogP contribution in [0.15, 0.2) is 30.3 Å². The molecule has 0 aliphatic carbocycles. The quantitative estimate of drug-likeness (QED) is 0.562. The Kier molecular flexibility index (Phi) is 7.72. The zero-order valence-electron chi connectivity index (χ0n) is 11.0. The molecule has 0 aromatic heterocycles. The number of ether oxygens (including phenoxy) is 1. The third kappa shape index (κ3) is 7.13. The molecule has 1 atom stereocenters. The number of carbonyl (C=O) groups is 2. The fraction of sp³-hybridized carbons (Fsp3) is 0.429. The Balaban J connectivity index is 2.05. The molecule has 110 valence electrons. The zero-order chi connectivity index (χ0) is 14.8. The van der Waals surface area contributed by atoms with Crippen molar-refractivity contribution in [1.82, 2.24) is 5.32 Å². The predicted octanol–water partition coefficient (Wildman–Crippen LogP) is 2.93. The van der Waals surface area contributed by atoms with Crippen LogP contribution in [0.4, 0.5) is 4.79 Å². The first-order valence-electron chi connectivity index (χ1n) is 6.41. The molecule has 0 aliphatic heterocycles. The van der Waals surface area contributed by atoms with Crippen LogP contribution in [0, 0.1) is 0 Å². The molecule has 0 radical (unpaired) electrons. The number of alkyl halides is 1. The largest absolute Gasteiger partial charge is 0.480 e. The molecule has 0 saturated carbocycles. The topological polar surface area (TPSA) is 75.6 Å². The van der Waals surface area contributed by atoms with Crippen LogP contribution < -0.4 is 5.32 Å². The van der Waals surface area contributed by atoms with Gasteiger partial charge >= 0.3 is 12.1 Å². The van der Waals surface area contributed by atoms with Crippen molar-refractivity contribution in [3.8, 4) is 0 Å². The van der Waals surface area contributed by atoms with Crippen LogP contribution in [0.3, 0.4) is 0 Å². The molecule has 1 aromatic rings. The third-order valence-electron chi connectivity index (χ3n) is 2.63. The molecule has 0 heterocycles. The fourth-order valence-electron chi connectivity index (χ4n) is 1.54. The van der Waals surface area contributed by atoms with Crippen LogP contribution in [-0.4, -0.2) is 28.5 Å². The molecule has 0 unspecified atom stereocenters. The number of alkyl carbamates (subject to hydrolysis) is 1. The van der Waals surface area contributed by atoms with Gasteiger partial charge in [0, 0.05) is 6.54 Å². The van der Waals surface area contributed by atoms with Gasteiger partial charge in [-0.1, -0.05) is 46.3 Å². The van der Waals surface area contributed by atoms with E-state index < -0.39 is 16.9 Å². The van der Waals surface area contributed by atoms with Gasteiger partial charge < -0.3 is 15.2 Å². The number of nitrogens with one attached hydrogen (secondary N) is 1. The molecule has 1 rings (SSSR count). The lowest BCUT2D eigenvalue weighted by atomic mass is 10.2. The molecule has 1 amide bonds. The van der Waals surface area contributed by atoms with Crippen LogP contribution in [0.25, 0.3) is 0 Å². The van der Waals surface area contributed by atoms with Crippen molar-refractivity contribution < 1.29 is 19.4 Å². The standard InChI is InChI=1S/C14H18BrNO4/c15-12(13(17)18)8-4-5-9-16-14(19)20-10-11-6-2-1-3-7-11/h1-3,6-7,12H,4-5,8-10H2,(H,16,19)(H,17,18)/t12-/m0/s1. The number of halogens is 1. The van der Waals surface area contributed by atoms with Crippen LogP contribution in [0.5, 0.6) is 0 Å². The molecular formula is C14H18BrNO4. The Morgan fingerprint density at radius 2 is 1.95 bits per heavy atom. The number of carboxylic acid groups (broad SMARTS) is 1. The van der Waals surface area contributed by atoms with Crippen molar-refractivity contribution in [2.24, 2.45) is 0 Å². The van der Waals surface area contributed by atoms with Crippen LogP contribution in [0.1, 0.15) is 24.8 Å². The second kappa shape index (κ2) is 9.36. The maximum absolute atomic E-state index is 11.4. The Bertz CT molecular complexity index is 424. The van der Waals surface area contributed by atoms with E-state index in [1.165, 1.54) is 0 Å². The Morgan fingerprint density at radius 3 is 2.60 bits per heavy atom. The lowest BCUT2D eigenvalue weighted by Gasteiger charge is -2.07. The Labute approximate surface area is 126 Å². The highest BCUT2D eigenvalue weighted by atomic mass is 79.9. The maximum Gasteiger partial charge on any atom is 0.407 e. The summed E-state index contributed by atoms with van der Waals surface area (Å²) in [4.78, 5) is 21.4. The number of carbonyl (C=O) groups excluding carboxylic acids is 1. The smallest absolute Gasteiger partial charge is 0.407 e. The zero-order valence-corrected chi connectivity index (χ0v) is 12.6. The van der Waals surface area contributed by atoms with E-state index in [0.717, 1.165) is 18.4 Å². The van der Waals surface area contributed by atoms with E-state index in [9.17, 15) is 9.59 Å². The number of carboxylic acids is 1. The Morgan fingerprint density at radius 1 is 1.25 bits per heavy atom. The molecule has 5 nitrogen and oxygen atoms in total. The Hall–Kier alpha value is -1.56. The molecular weight excluding hydrogens is 326 g/mol. The normalized spacial score (nSPS) is 11.7. The van der Waals surface area contributed by atoms with Crippen LogP contribution in [0.2, 0.25) is 0 Å². The van der Waals surface area contributed by atoms with Crippen molar-refractivity contribution in [3.05, 3.63) is 35.9 Å². The number of benzene rings is 1. The SMILES string of the molecule is O=C(NCCCC[C@H](Br)C(=O)O)OCc1ccccc1. The average Bonchev–Trinajstić information content (AvgIpc) is 2.45. The maximum atomic E-state index is 11.4. The summed E-state index contributed by atoms with van der Waals surface area (Å²) < 4.78 is 5.04. The first kappa shape index (κ1) is 16.5. The van der Waals surface area contributed by atoms with Gasteiger partial charge in [-0.05, 0) is 24.8 Å². The summed E-state index contributed by atoms with van der Waals surface area (Å²) in [7, 11) is 0. The highest BCUT2D eigenvalue weighted by Crippen LogP contribution is 2.09. The minimum absolute atomic E-state index is 0.245. The summed E-state index contributed by atoms with van der Waals surface area (Å²) in [6, 6.07) is 9.44. The number of hydrogen-bond donors (Lipinski definition) is 2. The second-order valence-corrected chi connectivity index (χ2v) is 5.40. The van der Waals surface area contributed by atoms with E-state index in [2.05, 4.69) is 21.2 Å². The lowest BCUT2D eigenvalue weighted by molar-refractivity contribution is -0.136. The average molecular weight is 344 g/mol. The van der Waals surface area contributed by atoms with Crippen molar-refractivity contribution in [3.63, 3.8) is 0 Å².